The van der Waals surface area contributed by atoms with E-state index >= 15 is 0 Å². The Kier molecular flexibility index (Phi) is 5.90. The van der Waals surface area contributed by atoms with Crippen LogP contribution in [0.4, 0.5) is 5.13 Å². The monoisotopic (exact) mass is 386 g/mol. The molecule has 1 aromatic heterocycles. The number of ether oxygens (including phenoxy) is 1. The molecule has 3 rings (SSSR count). The van der Waals surface area contributed by atoms with Crippen molar-refractivity contribution in [2.75, 3.05) is 18.2 Å². The Morgan fingerprint density at radius 2 is 1.96 bits per heavy atom. The van der Waals surface area contributed by atoms with Gasteiger partial charge in [-0.05, 0) is 37.3 Å². The molecule has 0 atom stereocenters. The maximum absolute atomic E-state index is 12.1. The number of thiazole rings is 1. The highest BCUT2D eigenvalue weighted by atomic mass is 32.2. The summed E-state index contributed by atoms with van der Waals surface area (Å²) < 4.78 is 5.55. The maximum Gasteiger partial charge on any atom is 0.337 e. The Hall–Kier alpha value is -2.38. The number of aromatic nitrogens is 1. The minimum Gasteiger partial charge on any atom is -0.465 e. The van der Waals surface area contributed by atoms with Gasteiger partial charge in [-0.15, -0.1) is 11.8 Å². The molecule has 1 heterocycles. The number of hydrogen-bond donors (Lipinski definition) is 1. The zero-order valence-corrected chi connectivity index (χ0v) is 16.1. The van der Waals surface area contributed by atoms with Gasteiger partial charge in [-0.25, -0.2) is 9.78 Å². The van der Waals surface area contributed by atoms with E-state index in [1.165, 1.54) is 24.0 Å². The summed E-state index contributed by atoms with van der Waals surface area (Å²) >= 11 is 2.99. The van der Waals surface area contributed by atoms with Gasteiger partial charge in [0, 0.05) is 17.1 Å². The van der Waals surface area contributed by atoms with Crippen LogP contribution in [0.5, 0.6) is 0 Å². The van der Waals surface area contributed by atoms with Crippen LogP contribution in [-0.4, -0.2) is 29.7 Å². The summed E-state index contributed by atoms with van der Waals surface area (Å²) in [5, 5.41) is 3.36. The molecule has 0 aliphatic rings. The molecule has 2 aromatic carbocycles. The number of esters is 1. The largest absolute Gasteiger partial charge is 0.465 e. The van der Waals surface area contributed by atoms with E-state index in [1.54, 1.807) is 30.0 Å². The van der Waals surface area contributed by atoms with E-state index in [-0.39, 0.29) is 11.9 Å². The zero-order chi connectivity index (χ0) is 18.5. The zero-order valence-electron chi connectivity index (χ0n) is 14.4. The SMILES string of the molecule is COC(=O)c1ccc2nc(NC(=O)CCSc3ccc(C)cc3)sc2c1. The lowest BCUT2D eigenvalue weighted by molar-refractivity contribution is -0.115. The van der Waals surface area contributed by atoms with Crippen molar-refractivity contribution >= 4 is 50.3 Å². The number of aryl methyl sites for hydroxylation is 1. The molecule has 0 fully saturated rings. The standard InChI is InChI=1S/C19H18N2O3S2/c1-12-3-6-14(7-4-12)25-10-9-17(22)21-19-20-15-8-5-13(18(23)24-2)11-16(15)26-19/h3-8,11H,9-10H2,1-2H3,(H,20,21,22). The fourth-order valence-corrected chi connectivity index (χ4v) is 4.07. The molecule has 1 amide bonds. The van der Waals surface area contributed by atoms with Crippen molar-refractivity contribution in [3.05, 3.63) is 53.6 Å². The smallest absolute Gasteiger partial charge is 0.337 e. The van der Waals surface area contributed by atoms with Crippen LogP contribution < -0.4 is 5.32 Å². The summed E-state index contributed by atoms with van der Waals surface area (Å²) in [6.07, 6.45) is 0.405. The van der Waals surface area contributed by atoms with Crippen LogP contribution in [0.3, 0.4) is 0 Å². The first-order valence-corrected chi connectivity index (χ1v) is 9.83. The molecule has 7 heteroatoms. The predicted octanol–water partition coefficient (Wildman–Crippen LogP) is 4.51. The number of carbonyl (C=O) groups is 2. The van der Waals surface area contributed by atoms with Gasteiger partial charge in [0.25, 0.3) is 0 Å². The van der Waals surface area contributed by atoms with E-state index in [0.29, 0.717) is 22.9 Å². The Bertz CT molecular complexity index is 936. The average molecular weight is 386 g/mol. The van der Waals surface area contributed by atoms with Gasteiger partial charge in [0.05, 0.1) is 22.9 Å². The van der Waals surface area contributed by atoms with Crippen molar-refractivity contribution in [1.82, 2.24) is 4.98 Å². The topological polar surface area (TPSA) is 68.3 Å². The molecule has 0 unspecified atom stereocenters. The molecule has 5 nitrogen and oxygen atoms in total. The first-order chi connectivity index (χ1) is 12.5. The van der Waals surface area contributed by atoms with Gasteiger partial charge in [0.1, 0.15) is 0 Å². The summed E-state index contributed by atoms with van der Waals surface area (Å²) in [5.41, 5.74) is 2.43. The second-order valence-corrected chi connectivity index (χ2v) is 7.85. The number of nitrogens with zero attached hydrogens (tertiary/aromatic N) is 1. The van der Waals surface area contributed by atoms with Gasteiger partial charge >= 0.3 is 5.97 Å². The van der Waals surface area contributed by atoms with E-state index in [0.717, 1.165) is 15.1 Å². The molecule has 0 radical (unpaired) electrons. The van der Waals surface area contributed by atoms with Gasteiger partial charge in [-0.2, -0.15) is 0 Å². The van der Waals surface area contributed by atoms with Crippen LogP contribution in [0.25, 0.3) is 10.2 Å². The van der Waals surface area contributed by atoms with Crippen LogP contribution >= 0.6 is 23.1 Å². The molecule has 0 aliphatic carbocycles. The Labute approximate surface area is 159 Å². The third-order valence-corrected chi connectivity index (χ3v) is 5.62. The van der Waals surface area contributed by atoms with Crippen molar-refractivity contribution in [3.63, 3.8) is 0 Å². The number of carbonyl (C=O) groups excluding carboxylic acids is 2. The van der Waals surface area contributed by atoms with Crippen molar-refractivity contribution in [1.29, 1.82) is 0 Å². The van der Waals surface area contributed by atoms with Crippen LogP contribution in [-0.2, 0) is 9.53 Å². The van der Waals surface area contributed by atoms with Crippen molar-refractivity contribution < 1.29 is 14.3 Å². The van der Waals surface area contributed by atoms with Gasteiger partial charge in [-0.1, -0.05) is 29.0 Å². The molecule has 0 saturated heterocycles. The molecule has 0 spiro atoms. The van der Waals surface area contributed by atoms with Gasteiger partial charge < -0.3 is 10.1 Å². The Morgan fingerprint density at radius 1 is 1.19 bits per heavy atom. The highest BCUT2D eigenvalue weighted by molar-refractivity contribution is 7.99. The number of fused-ring (bicyclic) bond motifs is 1. The van der Waals surface area contributed by atoms with E-state index in [2.05, 4.69) is 34.6 Å². The van der Waals surface area contributed by atoms with Gasteiger partial charge in [0.2, 0.25) is 5.91 Å². The lowest BCUT2D eigenvalue weighted by atomic mass is 10.2. The normalized spacial score (nSPS) is 10.7. The first kappa shape index (κ1) is 18.4. The van der Waals surface area contributed by atoms with E-state index in [1.807, 2.05) is 6.92 Å². The minimum absolute atomic E-state index is 0.0724. The van der Waals surface area contributed by atoms with Crippen LogP contribution in [0.2, 0.25) is 0 Å². The Morgan fingerprint density at radius 3 is 2.69 bits per heavy atom. The van der Waals surface area contributed by atoms with Gasteiger partial charge in [-0.3, -0.25) is 4.79 Å². The molecule has 0 saturated carbocycles. The van der Waals surface area contributed by atoms with Crippen LogP contribution in [0.1, 0.15) is 22.3 Å². The second kappa shape index (κ2) is 8.33. The minimum atomic E-state index is -0.390. The molecule has 26 heavy (non-hydrogen) atoms. The fourth-order valence-electron chi connectivity index (χ4n) is 2.30. The highest BCUT2D eigenvalue weighted by Crippen LogP contribution is 2.27. The Balaban J connectivity index is 1.56. The quantitative estimate of drug-likeness (QED) is 0.499. The number of thioether (sulfide) groups is 1. The summed E-state index contributed by atoms with van der Waals surface area (Å²) in [6.45, 7) is 2.05. The van der Waals surface area contributed by atoms with Crippen molar-refractivity contribution in [2.24, 2.45) is 0 Å². The van der Waals surface area contributed by atoms with E-state index in [9.17, 15) is 9.59 Å². The number of rotatable bonds is 6. The predicted molar refractivity (Wildman–Crippen MR) is 106 cm³/mol. The third kappa shape index (κ3) is 4.62. The molecule has 1 N–H and O–H groups in total. The maximum atomic E-state index is 12.1. The molecule has 0 aliphatic heterocycles. The average Bonchev–Trinajstić information content (AvgIpc) is 3.03. The third-order valence-electron chi connectivity index (χ3n) is 3.67. The lowest BCUT2D eigenvalue weighted by Crippen LogP contribution is -2.11. The fraction of sp³-hybridized carbons (Fsp3) is 0.211. The van der Waals surface area contributed by atoms with E-state index in [4.69, 9.17) is 4.74 Å². The summed E-state index contributed by atoms with van der Waals surface area (Å²) in [4.78, 5) is 29.2. The second-order valence-electron chi connectivity index (χ2n) is 5.65. The van der Waals surface area contributed by atoms with Crippen LogP contribution in [0.15, 0.2) is 47.4 Å². The lowest BCUT2D eigenvalue weighted by Gasteiger charge is -2.02. The van der Waals surface area contributed by atoms with Crippen molar-refractivity contribution in [2.45, 2.75) is 18.2 Å². The molecular formula is C19H18N2O3S2. The van der Waals surface area contributed by atoms with Crippen molar-refractivity contribution in [3.8, 4) is 0 Å². The number of hydrogen-bond acceptors (Lipinski definition) is 6. The highest BCUT2D eigenvalue weighted by Gasteiger charge is 2.11. The number of nitrogens with one attached hydrogen (secondary N) is 1. The van der Waals surface area contributed by atoms with E-state index < -0.39 is 0 Å². The van der Waals surface area contributed by atoms with Gasteiger partial charge in [0.15, 0.2) is 5.13 Å². The van der Waals surface area contributed by atoms with Crippen LogP contribution in [0, 0.1) is 6.92 Å². The number of benzene rings is 2. The summed E-state index contributed by atoms with van der Waals surface area (Å²) in [7, 11) is 1.35. The molecule has 134 valence electrons. The number of anilines is 1. The number of methoxy groups -OCH3 is 1. The molecular weight excluding hydrogens is 368 g/mol. The summed E-state index contributed by atoms with van der Waals surface area (Å²) in [5.74, 6) is 0.239. The first-order valence-electron chi connectivity index (χ1n) is 8.03. The summed E-state index contributed by atoms with van der Waals surface area (Å²) in [6, 6.07) is 13.4. The number of amides is 1. The molecule has 3 aromatic rings. The molecule has 0 bridgehead atoms.